The minimum Gasteiger partial charge on any atom is -0.488 e. The molecule has 31 heavy (non-hydrogen) atoms. The minimum absolute atomic E-state index is 0. The molecule has 0 aliphatic rings. The van der Waals surface area contributed by atoms with Crippen molar-refractivity contribution in [2.75, 3.05) is 0 Å². The van der Waals surface area contributed by atoms with E-state index in [2.05, 4.69) is 25.6 Å². The van der Waals surface area contributed by atoms with E-state index in [-0.39, 0.29) is 18.2 Å². The average molecular weight is 436 g/mol. The van der Waals surface area contributed by atoms with Gasteiger partial charge in [0.1, 0.15) is 12.4 Å². The Morgan fingerprint density at radius 1 is 1.03 bits per heavy atom. The van der Waals surface area contributed by atoms with Gasteiger partial charge < -0.3 is 4.74 Å². The number of aryl methyl sites for hydroxylation is 2. The standard InChI is InChI=1S/C23H21N5O2.ClH/c1-14-12-21(22(16(3)29)15(2)24-14)30-13-17-8-10-18(11-9-17)19-6-4-5-7-20(19)23-25-27-28-26-23;/h4-12H,13H2,1-3H3,(H,25,26,27,28);1H. The summed E-state index contributed by atoms with van der Waals surface area (Å²) < 4.78 is 5.98. The van der Waals surface area contributed by atoms with E-state index >= 15 is 0 Å². The average Bonchev–Trinajstić information content (AvgIpc) is 3.26. The SMILES string of the molecule is CC(=O)c1c(OCc2ccc(-c3ccccc3-c3nn[nH]n3)cc2)cc(C)nc1C.Cl. The summed E-state index contributed by atoms with van der Waals surface area (Å²) in [5.74, 6) is 1.07. The fraction of sp³-hybridized carbons (Fsp3) is 0.174. The Morgan fingerprint density at radius 3 is 2.39 bits per heavy atom. The van der Waals surface area contributed by atoms with E-state index in [4.69, 9.17) is 4.74 Å². The summed E-state index contributed by atoms with van der Waals surface area (Å²) in [6.45, 7) is 5.60. The lowest BCUT2D eigenvalue weighted by molar-refractivity contribution is 0.101. The van der Waals surface area contributed by atoms with Crippen LogP contribution < -0.4 is 4.74 Å². The first-order chi connectivity index (χ1) is 14.5. The fourth-order valence-electron chi connectivity index (χ4n) is 3.48. The van der Waals surface area contributed by atoms with Crippen LogP contribution in [0.5, 0.6) is 5.75 Å². The summed E-state index contributed by atoms with van der Waals surface area (Å²) in [7, 11) is 0. The van der Waals surface area contributed by atoms with Crippen LogP contribution in [-0.4, -0.2) is 31.4 Å². The molecule has 0 aliphatic carbocycles. The number of pyridine rings is 1. The Labute approximate surface area is 186 Å². The van der Waals surface area contributed by atoms with Crippen LogP contribution in [-0.2, 0) is 6.61 Å². The molecule has 4 aromatic rings. The number of halogens is 1. The van der Waals surface area contributed by atoms with Crippen LogP contribution in [0.15, 0.2) is 54.6 Å². The van der Waals surface area contributed by atoms with Gasteiger partial charge in [-0.3, -0.25) is 9.78 Å². The topological polar surface area (TPSA) is 93.7 Å². The normalized spacial score (nSPS) is 10.4. The molecular weight excluding hydrogens is 414 g/mol. The smallest absolute Gasteiger partial charge is 0.205 e. The number of tetrazole rings is 1. The Kier molecular flexibility index (Phi) is 6.77. The van der Waals surface area contributed by atoms with Gasteiger partial charge in [-0.05, 0) is 42.7 Å². The molecule has 0 saturated carbocycles. The third-order valence-corrected chi connectivity index (χ3v) is 4.82. The van der Waals surface area contributed by atoms with Crippen LogP contribution in [0, 0.1) is 13.8 Å². The van der Waals surface area contributed by atoms with Crippen LogP contribution in [0.4, 0.5) is 0 Å². The lowest BCUT2D eigenvalue weighted by Gasteiger charge is -2.13. The molecule has 0 bridgehead atoms. The van der Waals surface area contributed by atoms with Gasteiger partial charge in [0.2, 0.25) is 5.82 Å². The predicted molar refractivity (Wildman–Crippen MR) is 120 cm³/mol. The summed E-state index contributed by atoms with van der Waals surface area (Å²) in [6.07, 6.45) is 0. The molecule has 4 rings (SSSR count). The predicted octanol–water partition coefficient (Wildman–Crippen LogP) is 4.75. The lowest BCUT2D eigenvalue weighted by Crippen LogP contribution is -2.06. The van der Waals surface area contributed by atoms with Gasteiger partial charge >= 0.3 is 0 Å². The van der Waals surface area contributed by atoms with E-state index in [1.54, 1.807) is 6.07 Å². The van der Waals surface area contributed by atoms with Gasteiger partial charge in [0.15, 0.2) is 5.78 Å². The van der Waals surface area contributed by atoms with Crippen LogP contribution in [0.25, 0.3) is 22.5 Å². The molecule has 1 N–H and O–H groups in total. The van der Waals surface area contributed by atoms with E-state index in [0.717, 1.165) is 27.9 Å². The first-order valence-corrected chi connectivity index (χ1v) is 9.57. The third-order valence-electron chi connectivity index (χ3n) is 4.82. The molecular formula is C23H22ClN5O2. The molecule has 2 heterocycles. The van der Waals surface area contributed by atoms with Crippen LogP contribution in [0.3, 0.4) is 0 Å². The van der Waals surface area contributed by atoms with Gasteiger partial charge in [-0.15, -0.1) is 22.6 Å². The van der Waals surface area contributed by atoms with Gasteiger partial charge in [0.05, 0.1) is 11.3 Å². The third kappa shape index (κ3) is 4.78. The number of nitrogens with one attached hydrogen (secondary N) is 1. The van der Waals surface area contributed by atoms with Gasteiger partial charge in [-0.1, -0.05) is 48.5 Å². The maximum absolute atomic E-state index is 12.0. The van der Waals surface area contributed by atoms with Crippen LogP contribution in [0.2, 0.25) is 0 Å². The van der Waals surface area contributed by atoms with Crippen molar-refractivity contribution < 1.29 is 9.53 Å². The number of aromatic nitrogens is 5. The molecule has 0 radical (unpaired) electrons. The molecule has 0 saturated heterocycles. The van der Waals surface area contributed by atoms with Crippen molar-refractivity contribution >= 4 is 18.2 Å². The summed E-state index contributed by atoms with van der Waals surface area (Å²) >= 11 is 0. The fourth-order valence-corrected chi connectivity index (χ4v) is 3.48. The van der Waals surface area contributed by atoms with Crippen molar-refractivity contribution in [3.05, 3.63) is 77.1 Å². The second-order valence-electron chi connectivity index (χ2n) is 7.04. The number of aromatic amines is 1. The minimum atomic E-state index is -0.0524. The number of H-pyrrole nitrogens is 1. The molecule has 0 atom stereocenters. The van der Waals surface area contributed by atoms with E-state index < -0.39 is 0 Å². The lowest BCUT2D eigenvalue weighted by atomic mass is 9.98. The van der Waals surface area contributed by atoms with E-state index in [1.165, 1.54) is 6.92 Å². The van der Waals surface area contributed by atoms with E-state index in [0.29, 0.717) is 29.4 Å². The second-order valence-corrected chi connectivity index (χ2v) is 7.04. The zero-order valence-corrected chi connectivity index (χ0v) is 18.2. The Morgan fingerprint density at radius 2 is 1.74 bits per heavy atom. The Balaban J connectivity index is 0.00000272. The largest absolute Gasteiger partial charge is 0.488 e. The van der Waals surface area contributed by atoms with Crippen molar-refractivity contribution in [2.45, 2.75) is 27.4 Å². The van der Waals surface area contributed by atoms with Gasteiger partial charge in [-0.25, -0.2) is 0 Å². The molecule has 0 aliphatic heterocycles. The quantitative estimate of drug-likeness (QED) is 0.439. The number of Topliss-reactive ketones (excluding diaryl/α,β-unsaturated/α-hetero) is 1. The molecule has 7 nitrogen and oxygen atoms in total. The summed E-state index contributed by atoms with van der Waals surface area (Å²) in [6, 6.07) is 17.8. The highest BCUT2D eigenvalue weighted by Gasteiger charge is 2.15. The van der Waals surface area contributed by atoms with Crippen molar-refractivity contribution in [1.29, 1.82) is 0 Å². The second kappa shape index (κ2) is 9.49. The Hall–Kier alpha value is -3.58. The van der Waals surface area contributed by atoms with Crippen LogP contribution >= 0.6 is 12.4 Å². The highest BCUT2D eigenvalue weighted by atomic mass is 35.5. The molecule has 2 aromatic heterocycles. The summed E-state index contributed by atoms with van der Waals surface area (Å²) in [5.41, 5.74) is 6.00. The molecule has 0 fully saturated rings. The number of nitrogens with zero attached hydrogens (tertiary/aromatic N) is 4. The monoisotopic (exact) mass is 435 g/mol. The number of carbonyl (C=O) groups is 1. The van der Waals surface area contributed by atoms with Crippen molar-refractivity contribution in [2.24, 2.45) is 0 Å². The maximum atomic E-state index is 12.0. The number of rotatable bonds is 6. The zero-order chi connectivity index (χ0) is 21.1. The molecule has 0 spiro atoms. The summed E-state index contributed by atoms with van der Waals surface area (Å²) in [5, 5.41) is 14.3. The summed E-state index contributed by atoms with van der Waals surface area (Å²) in [4.78, 5) is 16.4. The number of benzene rings is 2. The first-order valence-electron chi connectivity index (χ1n) is 9.57. The number of ether oxygens (including phenoxy) is 1. The molecule has 0 amide bonds. The highest BCUT2D eigenvalue weighted by Crippen LogP contribution is 2.30. The van der Waals surface area contributed by atoms with E-state index in [1.807, 2.05) is 62.4 Å². The number of hydrogen-bond acceptors (Lipinski definition) is 6. The Bertz CT molecular complexity index is 1190. The zero-order valence-electron chi connectivity index (χ0n) is 17.4. The first kappa shape index (κ1) is 22.1. The van der Waals surface area contributed by atoms with E-state index in [9.17, 15) is 4.79 Å². The van der Waals surface area contributed by atoms with Crippen molar-refractivity contribution in [1.82, 2.24) is 25.6 Å². The van der Waals surface area contributed by atoms with Crippen LogP contribution in [0.1, 0.15) is 34.2 Å². The number of hydrogen-bond donors (Lipinski definition) is 1. The maximum Gasteiger partial charge on any atom is 0.205 e. The van der Waals surface area contributed by atoms with Gasteiger partial charge in [0, 0.05) is 17.3 Å². The molecule has 2 aromatic carbocycles. The van der Waals surface area contributed by atoms with Crippen molar-refractivity contribution in [3.8, 4) is 28.3 Å². The van der Waals surface area contributed by atoms with Gasteiger partial charge in [-0.2, -0.15) is 5.21 Å². The van der Waals surface area contributed by atoms with Crippen molar-refractivity contribution in [3.63, 3.8) is 0 Å². The molecule has 158 valence electrons. The highest BCUT2D eigenvalue weighted by molar-refractivity contribution is 5.97. The van der Waals surface area contributed by atoms with Gasteiger partial charge in [0.25, 0.3) is 0 Å². The number of carbonyl (C=O) groups excluding carboxylic acids is 1. The molecule has 0 unspecified atom stereocenters. The number of ketones is 1. The molecule has 8 heteroatoms.